The zero-order valence-electron chi connectivity index (χ0n) is 13.6. The van der Waals surface area contributed by atoms with Crippen molar-refractivity contribution in [3.63, 3.8) is 0 Å². The number of carbonyl (C=O) groups excluding carboxylic acids is 2. The van der Waals surface area contributed by atoms with Crippen LogP contribution in [0.2, 0.25) is 0 Å². The predicted molar refractivity (Wildman–Crippen MR) is 90.4 cm³/mol. The average Bonchev–Trinajstić information content (AvgIpc) is 3.23. The molecule has 2 aliphatic rings. The minimum absolute atomic E-state index is 0.0726. The van der Waals surface area contributed by atoms with Crippen molar-refractivity contribution in [2.24, 2.45) is 0 Å². The fourth-order valence-corrected chi connectivity index (χ4v) is 3.71. The highest BCUT2D eigenvalue weighted by molar-refractivity contribution is 6.08. The molecule has 1 fully saturated rings. The average molecular weight is 338 g/mol. The summed E-state index contributed by atoms with van der Waals surface area (Å²) in [5, 5.41) is 8.68. The van der Waals surface area contributed by atoms with E-state index >= 15 is 0 Å². The van der Waals surface area contributed by atoms with Gasteiger partial charge in [0.15, 0.2) is 0 Å². The van der Waals surface area contributed by atoms with Crippen LogP contribution in [-0.2, 0) is 21.5 Å². The van der Waals surface area contributed by atoms with Crippen molar-refractivity contribution < 1.29 is 19.5 Å². The summed E-state index contributed by atoms with van der Waals surface area (Å²) in [6, 6.07) is 14.7. The van der Waals surface area contributed by atoms with E-state index in [1.165, 1.54) is 0 Å². The molecule has 0 aromatic heterocycles. The van der Waals surface area contributed by atoms with E-state index in [4.69, 9.17) is 9.94 Å². The molecular weight excluding hydrogens is 320 g/mol. The second kappa shape index (κ2) is 5.98. The zero-order valence-corrected chi connectivity index (χ0v) is 13.6. The third-order valence-corrected chi connectivity index (χ3v) is 5.04. The molecule has 2 amide bonds. The first-order chi connectivity index (χ1) is 12.2. The molecule has 2 heterocycles. The number of fused-ring (bicyclic) bond motifs is 2. The Morgan fingerprint density at radius 1 is 1.20 bits per heavy atom. The maximum Gasteiger partial charge on any atom is 0.274 e. The van der Waals surface area contributed by atoms with Gasteiger partial charge in [0.05, 0.1) is 13.2 Å². The molecule has 2 aromatic carbocycles. The number of hydroxylamine groups is 1. The molecule has 4 rings (SSSR count). The molecule has 128 valence electrons. The van der Waals surface area contributed by atoms with Gasteiger partial charge in [-0.1, -0.05) is 30.3 Å². The summed E-state index contributed by atoms with van der Waals surface area (Å²) < 4.78 is 5.55. The predicted octanol–water partition coefficient (Wildman–Crippen LogP) is 2.01. The Hall–Kier alpha value is -2.70. The Morgan fingerprint density at radius 2 is 1.96 bits per heavy atom. The number of benzene rings is 2. The first kappa shape index (κ1) is 15.8. The first-order valence-corrected chi connectivity index (χ1v) is 8.18. The van der Waals surface area contributed by atoms with Crippen LogP contribution < -0.4 is 10.4 Å². The van der Waals surface area contributed by atoms with Crippen molar-refractivity contribution in [3.05, 3.63) is 65.2 Å². The molecule has 1 spiro atoms. The Kier molecular flexibility index (Phi) is 3.78. The van der Waals surface area contributed by atoms with Gasteiger partial charge in [0.25, 0.3) is 5.91 Å². The molecule has 2 aliphatic heterocycles. The van der Waals surface area contributed by atoms with E-state index in [0.29, 0.717) is 31.7 Å². The molecule has 1 unspecified atom stereocenters. The number of nitrogens with one attached hydrogen (secondary N) is 1. The Balaban J connectivity index is 1.65. The summed E-state index contributed by atoms with van der Waals surface area (Å²) in [5.41, 5.74) is 4.28. The van der Waals surface area contributed by atoms with Crippen LogP contribution >= 0.6 is 0 Å². The lowest BCUT2D eigenvalue weighted by Gasteiger charge is -2.22. The van der Waals surface area contributed by atoms with E-state index in [2.05, 4.69) is 0 Å². The monoisotopic (exact) mass is 338 g/mol. The number of ether oxygens (including phenoxy) is 1. The van der Waals surface area contributed by atoms with Gasteiger partial charge in [0.2, 0.25) is 5.91 Å². The van der Waals surface area contributed by atoms with Gasteiger partial charge in [-0.2, -0.15) is 0 Å². The lowest BCUT2D eigenvalue weighted by Crippen LogP contribution is -2.40. The van der Waals surface area contributed by atoms with Gasteiger partial charge in [-0.25, -0.2) is 5.48 Å². The number of rotatable bonds is 3. The number of hydrogen-bond donors (Lipinski definition) is 2. The Morgan fingerprint density at radius 3 is 2.64 bits per heavy atom. The normalized spacial score (nSPS) is 21.6. The lowest BCUT2D eigenvalue weighted by atomic mass is 9.81. The number of anilines is 1. The topological polar surface area (TPSA) is 78.9 Å². The molecule has 0 bridgehead atoms. The highest BCUT2D eigenvalue weighted by atomic mass is 16.5. The standard InChI is InChI=1S/C19H18N2O4/c22-17(20-24)14-7-5-13(6-8-14)11-21-16-4-2-1-3-15(16)19(18(21)23)9-10-25-12-19/h1-8,24H,9-12H2,(H,20,22). The third kappa shape index (κ3) is 2.42. The number of amides is 2. The van der Waals surface area contributed by atoms with Crippen LogP contribution in [0.4, 0.5) is 5.69 Å². The first-order valence-electron chi connectivity index (χ1n) is 8.18. The van der Waals surface area contributed by atoms with E-state index in [1.807, 2.05) is 24.3 Å². The summed E-state index contributed by atoms with van der Waals surface area (Å²) in [5.74, 6) is -0.487. The number of hydrogen-bond acceptors (Lipinski definition) is 4. The summed E-state index contributed by atoms with van der Waals surface area (Å²) in [6.07, 6.45) is 0.703. The smallest absolute Gasteiger partial charge is 0.274 e. The Labute approximate surface area is 145 Å². The summed E-state index contributed by atoms with van der Waals surface area (Å²) >= 11 is 0. The van der Waals surface area contributed by atoms with Crippen molar-refractivity contribution in [2.75, 3.05) is 18.1 Å². The minimum atomic E-state index is -0.562. The van der Waals surface area contributed by atoms with Gasteiger partial charge < -0.3 is 9.64 Å². The Bertz CT molecular complexity index is 826. The van der Waals surface area contributed by atoms with Gasteiger partial charge in [0, 0.05) is 17.9 Å². The highest BCUT2D eigenvalue weighted by Gasteiger charge is 2.52. The molecule has 1 atom stereocenters. The number of para-hydroxylation sites is 1. The van der Waals surface area contributed by atoms with Gasteiger partial charge in [-0.15, -0.1) is 0 Å². The van der Waals surface area contributed by atoms with Crippen LogP contribution in [0.15, 0.2) is 48.5 Å². The van der Waals surface area contributed by atoms with E-state index in [9.17, 15) is 9.59 Å². The van der Waals surface area contributed by atoms with E-state index in [0.717, 1.165) is 16.8 Å². The molecule has 6 heteroatoms. The largest absolute Gasteiger partial charge is 0.380 e. The maximum absolute atomic E-state index is 13.2. The van der Waals surface area contributed by atoms with Crippen LogP contribution in [0.1, 0.15) is 27.9 Å². The summed E-state index contributed by atoms with van der Waals surface area (Å²) in [7, 11) is 0. The van der Waals surface area contributed by atoms with Crippen molar-refractivity contribution in [2.45, 2.75) is 18.4 Å². The van der Waals surface area contributed by atoms with E-state index in [1.54, 1.807) is 34.6 Å². The molecule has 1 saturated heterocycles. The maximum atomic E-state index is 13.2. The van der Waals surface area contributed by atoms with Crippen molar-refractivity contribution >= 4 is 17.5 Å². The fourth-order valence-electron chi connectivity index (χ4n) is 3.71. The van der Waals surface area contributed by atoms with Gasteiger partial charge in [-0.3, -0.25) is 14.8 Å². The van der Waals surface area contributed by atoms with Crippen LogP contribution in [-0.4, -0.2) is 30.2 Å². The number of nitrogens with zero attached hydrogens (tertiary/aromatic N) is 1. The SMILES string of the molecule is O=C(NO)c1ccc(CN2C(=O)C3(CCOC3)c3ccccc32)cc1. The molecule has 0 saturated carbocycles. The second-order valence-corrected chi connectivity index (χ2v) is 6.43. The van der Waals surface area contributed by atoms with Gasteiger partial charge in [-0.05, 0) is 35.7 Å². The van der Waals surface area contributed by atoms with Crippen LogP contribution in [0.3, 0.4) is 0 Å². The van der Waals surface area contributed by atoms with E-state index < -0.39 is 11.3 Å². The molecule has 2 aromatic rings. The second-order valence-electron chi connectivity index (χ2n) is 6.43. The fraction of sp³-hybridized carbons (Fsp3) is 0.263. The minimum Gasteiger partial charge on any atom is -0.380 e. The molecular formula is C19H18N2O4. The molecule has 6 nitrogen and oxygen atoms in total. The highest BCUT2D eigenvalue weighted by Crippen LogP contribution is 2.46. The molecule has 0 radical (unpaired) electrons. The summed E-state index contributed by atoms with van der Waals surface area (Å²) in [4.78, 5) is 26.4. The van der Waals surface area contributed by atoms with Crippen LogP contribution in [0.25, 0.3) is 0 Å². The van der Waals surface area contributed by atoms with E-state index in [-0.39, 0.29) is 5.91 Å². The van der Waals surface area contributed by atoms with Gasteiger partial charge >= 0.3 is 0 Å². The molecule has 2 N–H and O–H groups in total. The molecule has 0 aliphatic carbocycles. The zero-order chi connectivity index (χ0) is 17.4. The number of carbonyl (C=O) groups is 2. The summed E-state index contributed by atoms with van der Waals surface area (Å²) in [6.45, 7) is 1.45. The van der Waals surface area contributed by atoms with Crippen molar-refractivity contribution in [1.29, 1.82) is 0 Å². The molecule has 25 heavy (non-hydrogen) atoms. The van der Waals surface area contributed by atoms with Gasteiger partial charge in [0.1, 0.15) is 5.41 Å². The van der Waals surface area contributed by atoms with Crippen molar-refractivity contribution in [1.82, 2.24) is 5.48 Å². The lowest BCUT2D eigenvalue weighted by molar-refractivity contribution is -0.123. The van der Waals surface area contributed by atoms with Crippen LogP contribution in [0, 0.1) is 0 Å². The van der Waals surface area contributed by atoms with Crippen LogP contribution in [0.5, 0.6) is 0 Å². The quantitative estimate of drug-likeness (QED) is 0.663. The van der Waals surface area contributed by atoms with Crippen molar-refractivity contribution in [3.8, 4) is 0 Å². The third-order valence-electron chi connectivity index (χ3n) is 5.04.